The van der Waals surface area contributed by atoms with E-state index >= 15 is 0 Å². The lowest BCUT2D eigenvalue weighted by atomic mass is 10.1. The zero-order chi connectivity index (χ0) is 35.5. The molecule has 0 saturated heterocycles. The number of carbonyl (C=O) groups is 3. The summed E-state index contributed by atoms with van der Waals surface area (Å²) in [6, 6.07) is 28.6. The predicted octanol–water partition coefficient (Wildman–Crippen LogP) is 7.75. The molecule has 10 nitrogen and oxygen atoms in total. The SMILES string of the molecule is CCC(Sc1cccc(NC(=O)/C(=C\c2cccc(OC)c2OC)NC(=O)c2ccccc2)c1)C(=O)Nc1nc(-c2cccc(OC)c2)cs1. The van der Waals surface area contributed by atoms with Crippen LogP contribution in [0.15, 0.2) is 113 Å². The van der Waals surface area contributed by atoms with Gasteiger partial charge < -0.3 is 30.2 Å². The Balaban J connectivity index is 1.31. The highest BCUT2D eigenvalue weighted by atomic mass is 32.2. The second kappa shape index (κ2) is 17.2. The van der Waals surface area contributed by atoms with Gasteiger partial charge in [-0.1, -0.05) is 55.5 Å². The zero-order valence-corrected chi connectivity index (χ0v) is 29.5. The number of nitrogens with one attached hydrogen (secondary N) is 3. The summed E-state index contributed by atoms with van der Waals surface area (Å²) in [6.07, 6.45) is 2.09. The molecule has 1 unspecified atom stereocenters. The molecular weight excluding hydrogens is 673 g/mol. The van der Waals surface area contributed by atoms with Crippen molar-refractivity contribution in [2.24, 2.45) is 0 Å². The van der Waals surface area contributed by atoms with E-state index < -0.39 is 17.1 Å². The standard InChI is InChI=1S/C38H36N4O6S2/c1-5-33(37(45)42-38-41-31(23-49-38)25-14-9-17-28(20-25)46-2)50-29-18-11-16-27(22-29)39-36(44)30(40-35(43)24-12-7-6-8-13-24)21-26-15-10-19-32(47-3)34(26)48-4/h6-23,33H,5H2,1-4H3,(H,39,44)(H,40,43)(H,41,42,45)/b30-21+. The number of aromatic nitrogens is 1. The summed E-state index contributed by atoms with van der Waals surface area (Å²) in [5.41, 5.74) is 3.03. The fourth-order valence-electron chi connectivity index (χ4n) is 4.89. The minimum atomic E-state index is -0.554. The second-order valence-electron chi connectivity index (χ2n) is 10.7. The average molecular weight is 709 g/mol. The topological polar surface area (TPSA) is 128 Å². The zero-order valence-electron chi connectivity index (χ0n) is 27.9. The number of hydrogen-bond acceptors (Lipinski definition) is 9. The van der Waals surface area contributed by atoms with Crippen molar-refractivity contribution in [3.63, 3.8) is 0 Å². The monoisotopic (exact) mass is 708 g/mol. The summed E-state index contributed by atoms with van der Waals surface area (Å²) >= 11 is 2.72. The molecule has 0 saturated carbocycles. The minimum absolute atomic E-state index is 0.00830. The van der Waals surface area contributed by atoms with Crippen molar-refractivity contribution >= 4 is 57.7 Å². The molecule has 1 heterocycles. The number of thiazole rings is 1. The molecule has 0 aliphatic heterocycles. The van der Waals surface area contributed by atoms with Gasteiger partial charge in [0.25, 0.3) is 11.8 Å². The van der Waals surface area contributed by atoms with E-state index in [1.807, 2.05) is 42.6 Å². The Morgan fingerprint density at radius 3 is 2.38 bits per heavy atom. The normalized spacial score (nSPS) is 11.6. The third-order valence-electron chi connectivity index (χ3n) is 7.40. The van der Waals surface area contributed by atoms with E-state index in [9.17, 15) is 14.4 Å². The maximum atomic E-state index is 13.7. The van der Waals surface area contributed by atoms with Crippen LogP contribution in [0.25, 0.3) is 17.3 Å². The van der Waals surface area contributed by atoms with Gasteiger partial charge in [0, 0.05) is 32.7 Å². The maximum Gasteiger partial charge on any atom is 0.272 e. The van der Waals surface area contributed by atoms with Crippen molar-refractivity contribution in [1.82, 2.24) is 10.3 Å². The highest BCUT2D eigenvalue weighted by Gasteiger charge is 2.21. The van der Waals surface area contributed by atoms with Crippen molar-refractivity contribution < 1.29 is 28.6 Å². The molecule has 1 atom stereocenters. The number of methoxy groups -OCH3 is 3. The van der Waals surface area contributed by atoms with Crippen molar-refractivity contribution in [1.29, 1.82) is 0 Å². The number of hydrogen-bond donors (Lipinski definition) is 3. The smallest absolute Gasteiger partial charge is 0.272 e. The van der Waals surface area contributed by atoms with E-state index in [2.05, 4.69) is 20.9 Å². The molecular formula is C38H36N4O6S2. The number of rotatable bonds is 14. The molecule has 1 aromatic heterocycles. The molecule has 0 bridgehead atoms. The first-order valence-electron chi connectivity index (χ1n) is 15.6. The lowest BCUT2D eigenvalue weighted by Crippen LogP contribution is -2.30. The second-order valence-corrected chi connectivity index (χ2v) is 12.9. The highest BCUT2D eigenvalue weighted by Crippen LogP contribution is 2.33. The first-order chi connectivity index (χ1) is 24.3. The number of benzene rings is 4. The van der Waals surface area contributed by atoms with Gasteiger partial charge in [0.05, 0.1) is 32.3 Å². The van der Waals surface area contributed by atoms with E-state index in [-0.39, 0.29) is 11.6 Å². The molecule has 0 spiro atoms. The average Bonchev–Trinajstić information content (AvgIpc) is 3.62. The Morgan fingerprint density at radius 2 is 1.64 bits per heavy atom. The van der Waals surface area contributed by atoms with Crippen LogP contribution >= 0.6 is 23.1 Å². The van der Waals surface area contributed by atoms with Gasteiger partial charge in [0.1, 0.15) is 11.4 Å². The van der Waals surface area contributed by atoms with Gasteiger partial charge in [-0.15, -0.1) is 23.1 Å². The summed E-state index contributed by atoms with van der Waals surface area (Å²) in [5, 5.41) is 10.5. The van der Waals surface area contributed by atoms with E-state index in [0.29, 0.717) is 39.9 Å². The third-order valence-corrected chi connectivity index (χ3v) is 9.51. The third kappa shape index (κ3) is 9.10. The van der Waals surface area contributed by atoms with Gasteiger partial charge in [0.15, 0.2) is 16.6 Å². The maximum absolute atomic E-state index is 13.7. The molecule has 50 heavy (non-hydrogen) atoms. The van der Waals surface area contributed by atoms with Crippen molar-refractivity contribution in [2.45, 2.75) is 23.5 Å². The first kappa shape index (κ1) is 35.7. The minimum Gasteiger partial charge on any atom is -0.497 e. The van der Waals surface area contributed by atoms with Crippen LogP contribution in [0.2, 0.25) is 0 Å². The first-order valence-corrected chi connectivity index (χ1v) is 17.4. The van der Waals surface area contributed by atoms with Crippen LogP contribution in [-0.2, 0) is 9.59 Å². The van der Waals surface area contributed by atoms with Gasteiger partial charge in [0.2, 0.25) is 5.91 Å². The molecule has 0 radical (unpaired) electrons. The van der Waals surface area contributed by atoms with Gasteiger partial charge in [-0.3, -0.25) is 14.4 Å². The van der Waals surface area contributed by atoms with Gasteiger partial charge in [-0.05, 0) is 61.0 Å². The summed E-state index contributed by atoms with van der Waals surface area (Å²) in [4.78, 5) is 45.6. The lowest BCUT2D eigenvalue weighted by molar-refractivity contribution is -0.116. The molecule has 3 N–H and O–H groups in total. The van der Waals surface area contributed by atoms with Crippen LogP contribution < -0.4 is 30.2 Å². The van der Waals surface area contributed by atoms with Gasteiger partial charge in [-0.25, -0.2) is 4.98 Å². The Bertz CT molecular complexity index is 2000. The number of amides is 3. The summed E-state index contributed by atoms with van der Waals surface area (Å²) in [7, 11) is 4.63. The summed E-state index contributed by atoms with van der Waals surface area (Å²) < 4.78 is 16.3. The Kier molecular flexibility index (Phi) is 12.3. The van der Waals surface area contributed by atoms with Gasteiger partial charge >= 0.3 is 0 Å². The fraction of sp³-hybridized carbons (Fsp3) is 0.158. The molecule has 256 valence electrons. The lowest BCUT2D eigenvalue weighted by Gasteiger charge is -2.15. The fourth-order valence-corrected chi connectivity index (χ4v) is 6.62. The van der Waals surface area contributed by atoms with Crippen LogP contribution in [-0.4, -0.2) is 49.3 Å². The predicted molar refractivity (Wildman–Crippen MR) is 199 cm³/mol. The van der Waals surface area contributed by atoms with E-state index in [1.54, 1.807) is 73.8 Å². The summed E-state index contributed by atoms with van der Waals surface area (Å²) in [5.74, 6) is 0.419. The van der Waals surface area contributed by atoms with Crippen LogP contribution in [0.4, 0.5) is 10.8 Å². The van der Waals surface area contributed by atoms with Crippen LogP contribution in [0.3, 0.4) is 0 Å². The largest absolute Gasteiger partial charge is 0.497 e. The highest BCUT2D eigenvalue weighted by molar-refractivity contribution is 8.00. The van der Waals surface area contributed by atoms with Gasteiger partial charge in [-0.2, -0.15) is 0 Å². The molecule has 0 fully saturated rings. The van der Waals surface area contributed by atoms with E-state index in [1.165, 1.54) is 43.4 Å². The molecule has 5 rings (SSSR count). The Hall–Kier alpha value is -5.59. The molecule has 3 amide bonds. The number of ether oxygens (including phenoxy) is 3. The van der Waals surface area contributed by atoms with Crippen LogP contribution in [0.1, 0.15) is 29.3 Å². The van der Waals surface area contributed by atoms with Crippen molar-refractivity contribution in [2.75, 3.05) is 32.0 Å². The molecule has 4 aromatic carbocycles. The quantitative estimate of drug-likeness (QED) is 0.0790. The van der Waals surface area contributed by atoms with Crippen LogP contribution in [0, 0.1) is 0 Å². The number of carbonyl (C=O) groups excluding carboxylic acids is 3. The number of thioether (sulfide) groups is 1. The Labute approximate surface area is 298 Å². The van der Waals surface area contributed by atoms with Crippen molar-refractivity contribution in [3.05, 3.63) is 119 Å². The summed E-state index contributed by atoms with van der Waals surface area (Å²) in [6.45, 7) is 1.94. The van der Waals surface area contributed by atoms with E-state index in [4.69, 9.17) is 14.2 Å². The number of nitrogens with zero attached hydrogens (tertiary/aromatic N) is 1. The molecule has 0 aliphatic carbocycles. The molecule has 12 heteroatoms. The molecule has 5 aromatic rings. The number of para-hydroxylation sites is 1. The Morgan fingerprint density at radius 1 is 0.860 bits per heavy atom. The van der Waals surface area contributed by atoms with Crippen LogP contribution in [0.5, 0.6) is 17.2 Å². The number of anilines is 2. The molecule has 0 aliphatic rings. The van der Waals surface area contributed by atoms with Crippen molar-refractivity contribution in [3.8, 4) is 28.5 Å². The van der Waals surface area contributed by atoms with E-state index in [0.717, 1.165) is 21.9 Å².